The Bertz CT molecular complexity index is 978. The smallest absolute Gasteiger partial charge is 0.173 e. The van der Waals surface area contributed by atoms with E-state index in [1.165, 1.54) is 21.9 Å². The Morgan fingerprint density at radius 2 is 1.73 bits per heavy atom. The van der Waals surface area contributed by atoms with Gasteiger partial charge < -0.3 is 15.0 Å². The summed E-state index contributed by atoms with van der Waals surface area (Å²) in [5.74, 6) is 0. The molecule has 1 aliphatic heterocycles. The number of rotatable bonds is 6. The van der Waals surface area contributed by atoms with E-state index in [0.29, 0.717) is 0 Å². The van der Waals surface area contributed by atoms with Gasteiger partial charge in [0.15, 0.2) is 5.11 Å². The highest BCUT2D eigenvalue weighted by Crippen LogP contribution is 2.21. The number of nitrogens with one attached hydrogen (secondary N) is 1. The zero-order chi connectivity index (χ0) is 20.8. The summed E-state index contributed by atoms with van der Waals surface area (Å²) < 4.78 is 5.49. The summed E-state index contributed by atoms with van der Waals surface area (Å²) in [5, 5.41) is 6.75. The molecule has 0 aliphatic carbocycles. The summed E-state index contributed by atoms with van der Waals surface area (Å²) in [5.41, 5.74) is 3.56. The highest BCUT2D eigenvalue weighted by molar-refractivity contribution is 7.80. The summed E-state index contributed by atoms with van der Waals surface area (Å²) in [4.78, 5) is 4.74. The summed E-state index contributed by atoms with van der Waals surface area (Å²) >= 11 is 5.85. The molecule has 4 nitrogen and oxygen atoms in total. The van der Waals surface area contributed by atoms with Gasteiger partial charge in [-0.3, -0.25) is 4.90 Å². The maximum absolute atomic E-state index is 5.85. The van der Waals surface area contributed by atoms with Gasteiger partial charge in [0.25, 0.3) is 0 Å². The Balaban J connectivity index is 1.52. The van der Waals surface area contributed by atoms with E-state index in [0.717, 1.165) is 56.7 Å². The van der Waals surface area contributed by atoms with Crippen molar-refractivity contribution in [3.63, 3.8) is 0 Å². The van der Waals surface area contributed by atoms with Crippen molar-refractivity contribution in [3.05, 3.63) is 77.9 Å². The van der Waals surface area contributed by atoms with Crippen molar-refractivity contribution in [2.45, 2.75) is 13.5 Å². The predicted molar refractivity (Wildman–Crippen MR) is 129 cm³/mol. The standard InChI is InChI=1S/C25H29N3OS/c1-20-9-11-23(12-10-20)26-25(30)28(14-13-27-15-17-29-18-16-27)19-22-7-4-6-21-5-2-3-8-24(21)22/h2-12H,13-19H2,1H3,(H,26,30). The van der Waals surface area contributed by atoms with Crippen LogP contribution in [-0.4, -0.2) is 54.3 Å². The van der Waals surface area contributed by atoms with Gasteiger partial charge in [-0.15, -0.1) is 0 Å². The first-order valence-electron chi connectivity index (χ1n) is 10.6. The fourth-order valence-corrected chi connectivity index (χ4v) is 4.09. The second-order valence-corrected chi connectivity index (χ2v) is 8.20. The van der Waals surface area contributed by atoms with E-state index in [1.54, 1.807) is 0 Å². The van der Waals surface area contributed by atoms with E-state index in [-0.39, 0.29) is 0 Å². The Morgan fingerprint density at radius 3 is 2.53 bits per heavy atom. The average molecular weight is 420 g/mol. The molecule has 0 bridgehead atoms. The molecule has 0 spiro atoms. The number of thiocarbonyl (C=S) groups is 1. The zero-order valence-corrected chi connectivity index (χ0v) is 18.3. The normalized spacial score (nSPS) is 14.6. The first kappa shape index (κ1) is 20.8. The minimum Gasteiger partial charge on any atom is -0.379 e. The van der Waals surface area contributed by atoms with Gasteiger partial charge in [0.2, 0.25) is 0 Å². The van der Waals surface area contributed by atoms with Crippen LogP contribution in [0.5, 0.6) is 0 Å². The van der Waals surface area contributed by atoms with Gasteiger partial charge >= 0.3 is 0 Å². The van der Waals surface area contributed by atoms with Crippen LogP contribution in [0, 0.1) is 6.92 Å². The lowest BCUT2D eigenvalue weighted by Crippen LogP contribution is -2.44. The lowest BCUT2D eigenvalue weighted by atomic mass is 10.0. The quantitative estimate of drug-likeness (QED) is 0.586. The molecule has 5 heteroatoms. The SMILES string of the molecule is Cc1ccc(NC(=S)N(CCN2CCOCC2)Cc2cccc3ccccc23)cc1. The molecule has 0 aromatic heterocycles. The van der Waals surface area contributed by atoms with Gasteiger partial charge in [-0.05, 0) is 47.6 Å². The molecule has 0 radical (unpaired) electrons. The topological polar surface area (TPSA) is 27.7 Å². The maximum Gasteiger partial charge on any atom is 0.173 e. The van der Waals surface area contributed by atoms with Crippen LogP contribution in [0.2, 0.25) is 0 Å². The Kier molecular flexibility index (Phi) is 6.95. The van der Waals surface area contributed by atoms with Gasteiger partial charge in [-0.25, -0.2) is 0 Å². The predicted octanol–water partition coefficient (Wildman–Crippen LogP) is 4.68. The van der Waals surface area contributed by atoms with Crippen LogP contribution < -0.4 is 5.32 Å². The first-order chi connectivity index (χ1) is 14.7. The zero-order valence-electron chi connectivity index (χ0n) is 17.5. The van der Waals surface area contributed by atoms with Crippen LogP contribution in [-0.2, 0) is 11.3 Å². The fourth-order valence-electron chi connectivity index (χ4n) is 3.81. The van der Waals surface area contributed by atoms with Crippen molar-refractivity contribution in [2.75, 3.05) is 44.7 Å². The second kappa shape index (κ2) is 10.0. The van der Waals surface area contributed by atoms with Gasteiger partial charge in [0.1, 0.15) is 0 Å². The number of nitrogens with zero attached hydrogens (tertiary/aromatic N) is 2. The van der Waals surface area contributed by atoms with Crippen molar-refractivity contribution in [2.24, 2.45) is 0 Å². The molecule has 0 saturated carbocycles. The van der Waals surface area contributed by atoms with Crippen molar-refractivity contribution in [1.29, 1.82) is 0 Å². The molecule has 3 aromatic carbocycles. The monoisotopic (exact) mass is 419 g/mol. The number of aryl methyl sites for hydroxylation is 1. The highest BCUT2D eigenvalue weighted by atomic mass is 32.1. The van der Waals surface area contributed by atoms with Crippen LogP contribution >= 0.6 is 12.2 Å². The number of ether oxygens (including phenoxy) is 1. The maximum atomic E-state index is 5.85. The summed E-state index contributed by atoms with van der Waals surface area (Å²) in [7, 11) is 0. The van der Waals surface area contributed by atoms with Crippen LogP contribution in [0.25, 0.3) is 10.8 Å². The number of morpholine rings is 1. The average Bonchev–Trinajstić information content (AvgIpc) is 2.79. The number of benzene rings is 3. The Morgan fingerprint density at radius 1 is 1.00 bits per heavy atom. The molecule has 1 saturated heterocycles. The van der Waals surface area contributed by atoms with Crippen molar-refractivity contribution < 1.29 is 4.74 Å². The van der Waals surface area contributed by atoms with Crippen LogP contribution in [0.1, 0.15) is 11.1 Å². The molecular weight excluding hydrogens is 390 g/mol. The number of hydrogen-bond donors (Lipinski definition) is 1. The van der Waals surface area contributed by atoms with Crippen LogP contribution in [0.3, 0.4) is 0 Å². The van der Waals surface area contributed by atoms with E-state index in [4.69, 9.17) is 17.0 Å². The largest absolute Gasteiger partial charge is 0.379 e. The molecule has 1 N–H and O–H groups in total. The third kappa shape index (κ3) is 5.36. The lowest BCUT2D eigenvalue weighted by molar-refractivity contribution is 0.0358. The van der Waals surface area contributed by atoms with Crippen molar-refractivity contribution >= 4 is 33.8 Å². The number of fused-ring (bicyclic) bond motifs is 1. The van der Waals surface area contributed by atoms with Gasteiger partial charge in [0.05, 0.1) is 13.2 Å². The fraction of sp³-hybridized carbons (Fsp3) is 0.320. The first-order valence-corrected chi connectivity index (χ1v) is 11.0. The van der Waals surface area contributed by atoms with Gasteiger partial charge in [-0.1, -0.05) is 60.2 Å². The third-order valence-electron chi connectivity index (χ3n) is 5.62. The van der Waals surface area contributed by atoms with Crippen LogP contribution in [0.15, 0.2) is 66.7 Å². The van der Waals surface area contributed by atoms with E-state index in [9.17, 15) is 0 Å². The van der Waals surface area contributed by atoms with E-state index >= 15 is 0 Å². The van der Waals surface area contributed by atoms with E-state index < -0.39 is 0 Å². The second-order valence-electron chi connectivity index (χ2n) is 7.81. The molecule has 1 fully saturated rings. The lowest BCUT2D eigenvalue weighted by Gasteiger charge is -2.31. The molecule has 156 valence electrons. The van der Waals surface area contributed by atoms with Crippen LogP contribution in [0.4, 0.5) is 5.69 Å². The van der Waals surface area contributed by atoms with E-state index in [2.05, 4.69) is 88.8 Å². The summed E-state index contributed by atoms with van der Waals surface area (Å²) in [6.07, 6.45) is 0. The van der Waals surface area contributed by atoms with E-state index in [1.807, 2.05) is 0 Å². The molecule has 1 aliphatic rings. The molecule has 30 heavy (non-hydrogen) atoms. The molecular formula is C25H29N3OS. The number of anilines is 1. The molecule has 1 heterocycles. The molecule has 0 amide bonds. The summed E-state index contributed by atoms with van der Waals surface area (Å²) in [6.45, 7) is 8.33. The minimum atomic E-state index is 0.764. The van der Waals surface area contributed by atoms with Gasteiger partial charge in [-0.2, -0.15) is 0 Å². The molecule has 0 unspecified atom stereocenters. The molecule has 0 atom stereocenters. The Hall–Kier alpha value is -2.47. The van der Waals surface area contributed by atoms with Crippen molar-refractivity contribution in [1.82, 2.24) is 9.80 Å². The summed E-state index contributed by atoms with van der Waals surface area (Å²) in [6, 6.07) is 23.4. The van der Waals surface area contributed by atoms with Crippen molar-refractivity contribution in [3.8, 4) is 0 Å². The Labute approximate surface area is 184 Å². The number of hydrogen-bond acceptors (Lipinski definition) is 3. The third-order valence-corrected chi connectivity index (χ3v) is 5.98. The van der Waals surface area contributed by atoms with Gasteiger partial charge in [0, 0.05) is 38.4 Å². The molecule has 3 aromatic rings. The minimum absolute atomic E-state index is 0.764. The molecule has 4 rings (SSSR count). The highest BCUT2D eigenvalue weighted by Gasteiger charge is 2.16.